The number of aromatic hydroxyl groups is 1. The first kappa shape index (κ1) is 18.5. The highest BCUT2D eigenvalue weighted by molar-refractivity contribution is 6.30. The minimum Gasteiger partial charge on any atom is -0.508 e. The van der Waals surface area contributed by atoms with Gasteiger partial charge in [0.1, 0.15) is 11.5 Å². The Morgan fingerprint density at radius 3 is 2.35 bits per heavy atom. The molecule has 0 saturated heterocycles. The van der Waals surface area contributed by atoms with Gasteiger partial charge in [-0.25, -0.2) is 0 Å². The van der Waals surface area contributed by atoms with E-state index in [2.05, 4.69) is 5.32 Å². The number of hydrogen-bond donors (Lipinski definition) is 3. The standard InChI is InChI=1S/C20H22ClNO4/c21-15-3-7-17(8-4-15)26-18-9-11-20(25,12-10-18)13-22-19(24)14-1-5-16(23)6-2-14/h1-8,18,23,25H,9-13H2,(H,22,24). The van der Waals surface area contributed by atoms with E-state index in [1.54, 1.807) is 24.3 Å². The molecule has 0 bridgehead atoms. The van der Waals surface area contributed by atoms with E-state index >= 15 is 0 Å². The van der Waals surface area contributed by atoms with E-state index in [1.165, 1.54) is 12.1 Å². The van der Waals surface area contributed by atoms with Crippen LogP contribution in [0.2, 0.25) is 5.02 Å². The SMILES string of the molecule is O=C(NCC1(O)CCC(Oc2ccc(Cl)cc2)CC1)c1ccc(O)cc1. The quantitative estimate of drug-likeness (QED) is 0.747. The fourth-order valence-corrected chi connectivity index (χ4v) is 3.21. The van der Waals surface area contributed by atoms with E-state index in [0.29, 0.717) is 36.3 Å². The highest BCUT2D eigenvalue weighted by Gasteiger charge is 2.34. The lowest BCUT2D eigenvalue weighted by molar-refractivity contribution is -0.0234. The summed E-state index contributed by atoms with van der Waals surface area (Å²) < 4.78 is 5.93. The minimum atomic E-state index is -0.924. The average molecular weight is 376 g/mol. The second kappa shape index (κ2) is 7.98. The molecule has 5 nitrogen and oxygen atoms in total. The second-order valence-corrected chi connectivity index (χ2v) is 7.16. The lowest BCUT2D eigenvalue weighted by atomic mass is 9.83. The summed E-state index contributed by atoms with van der Waals surface area (Å²) in [4.78, 5) is 12.1. The van der Waals surface area contributed by atoms with E-state index in [9.17, 15) is 15.0 Å². The lowest BCUT2D eigenvalue weighted by Crippen LogP contribution is -2.46. The van der Waals surface area contributed by atoms with Crippen LogP contribution in [0, 0.1) is 0 Å². The molecule has 3 N–H and O–H groups in total. The molecule has 26 heavy (non-hydrogen) atoms. The van der Waals surface area contributed by atoms with Gasteiger partial charge in [0.25, 0.3) is 5.91 Å². The molecule has 3 rings (SSSR count). The number of aliphatic hydroxyl groups is 1. The normalized spacial score (nSPS) is 22.6. The topological polar surface area (TPSA) is 78.8 Å². The second-order valence-electron chi connectivity index (χ2n) is 6.73. The molecular formula is C20H22ClNO4. The van der Waals surface area contributed by atoms with Crippen molar-refractivity contribution in [3.8, 4) is 11.5 Å². The molecule has 0 unspecified atom stereocenters. The molecule has 1 fully saturated rings. The fourth-order valence-electron chi connectivity index (χ4n) is 3.09. The summed E-state index contributed by atoms with van der Waals surface area (Å²) in [5, 5.41) is 23.4. The van der Waals surface area contributed by atoms with Crippen molar-refractivity contribution in [2.24, 2.45) is 0 Å². The smallest absolute Gasteiger partial charge is 0.251 e. The molecule has 1 aliphatic carbocycles. The van der Waals surface area contributed by atoms with Crippen LogP contribution in [0.3, 0.4) is 0 Å². The van der Waals surface area contributed by atoms with Crippen molar-refractivity contribution < 1.29 is 19.7 Å². The largest absolute Gasteiger partial charge is 0.508 e. The molecule has 6 heteroatoms. The third-order valence-electron chi connectivity index (χ3n) is 4.69. The van der Waals surface area contributed by atoms with Gasteiger partial charge in [0, 0.05) is 17.1 Å². The van der Waals surface area contributed by atoms with Crippen LogP contribution in [-0.2, 0) is 0 Å². The Morgan fingerprint density at radius 2 is 1.73 bits per heavy atom. The Bertz CT molecular complexity index is 737. The van der Waals surface area contributed by atoms with Crippen LogP contribution in [0.25, 0.3) is 0 Å². The number of benzene rings is 2. The van der Waals surface area contributed by atoms with Gasteiger partial charge in [0.2, 0.25) is 0 Å². The van der Waals surface area contributed by atoms with Crippen molar-refractivity contribution in [1.82, 2.24) is 5.32 Å². The third-order valence-corrected chi connectivity index (χ3v) is 4.94. The van der Waals surface area contributed by atoms with Gasteiger partial charge in [-0.1, -0.05) is 11.6 Å². The zero-order valence-corrected chi connectivity index (χ0v) is 15.1. The summed E-state index contributed by atoms with van der Waals surface area (Å²) in [6.45, 7) is 0.195. The summed E-state index contributed by atoms with van der Waals surface area (Å²) in [5.41, 5.74) is -0.474. The van der Waals surface area contributed by atoms with Crippen molar-refractivity contribution in [1.29, 1.82) is 0 Å². The number of nitrogens with one attached hydrogen (secondary N) is 1. The van der Waals surface area contributed by atoms with Crippen molar-refractivity contribution in [3.63, 3.8) is 0 Å². The predicted molar refractivity (Wildman–Crippen MR) is 99.7 cm³/mol. The molecule has 2 aromatic rings. The molecule has 2 aromatic carbocycles. The average Bonchev–Trinajstić information content (AvgIpc) is 2.64. The van der Waals surface area contributed by atoms with Crippen LogP contribution in [0.4, 0.5) is 0 Å². The van der Waals surface area contributed by atoms with E-state index in [0.717, 1.165) is 5.75 Å². The number of rotatable bonds is 5. The van der Waals surface area contributed by atoms with E-state index in [4.69, 9.17) is 16.3 Å². The first-order valence-corrected chi connectivity index (χ1v) is 9.03. The van der Waals surface area contributed by atoms with Crippen molar-refractivity contribution in [3.05, 3.63) is 59.1 Å². The van der Waals surface area contributed by atoms with Crippen molar-refractivity contribution in [2.45, 2.75) is 37.4 Å². The summed E-state index contributed by atoms with van der Waals surface area (Å²) in [5.74, 6) is 0.614. The zero-order valence-electron chi connectivity index (χ0n) is 14.3. The van der Waals surface area contributed by atoms with E-state index < -0.39 is 5.60 Å². The number of carbonyl (C=O) groups is 1. The fraction of sp³-hybridized carbons (Fsp3) is 0.350. The molecule has 0 radical (unpaired) electrons. The van der Waals surface area contributed by atoms with Gasteiger partial charge >= 0.3 is 0 Å². The molecule has 1 amide bonds. The van der Waals surface area contributed by atoms with Gasteiger partial charge in [0.05, 0.1) is 11.7 Å². The van der Waals surface area contributed by atoms with Gasteiger partial charge in [-0.05, 0) is 74.2 Å². The number of phenolic OH excluding ortho intramolecular Hbond substituents is 1. The van der Waals surface area contributed by atoms with Crippen LogP contribution in [0.5, 0.6) is 11.5 Å². The van der Waals surface area contributed by atoms with Gasteiger partial charge < -0.3 is 20.3 Å². The molecule has 138 valence electrons. The van der Waals surface area contributed by atoms with E-state index in [1.807, 2.05) is 12.1 Å². The van der Waals surface area contributed by atoms with Gasteiger partial charge in [-0.15, -0.1) is 0 Å². The first-order valence-electron chi connectivity index (χ1n) is 8.65. The van der Waals surface area contributed by atoms with Gasteiger partial charge in [-0.2, -0.15) is 0 Å². The lowest BCUT2D eigenvalue weighted by Gasteiger charge is -2.36. The summed E-state index contributed by atoms with van der Waals surface area (Å²) in [6, 6.07) is 13.3. The predicted octanol–water partition coefficient (Wildman–Crippen LogP) is 3.53. The summed E-state index contributed by atoms with van der Waals surface area (Å²) in [7, 11) is 0. The molecule has 0 atom stereocenters. The Morgan fingerprint density at radius 1 is 1.12 bits per heavy atom. The molecular weight excluding hydrogens is 354 g/mol. The highest BCUT2D eigenvalue weighted by Crippen LogP contribution is 2.31. The first-order chi connectivity index (χ1) is 12.4. The van der Waals surface area contributed by atoms with Crippen LogP contribution in [0.1, 0.15) is 36.0 Å². The summed E-state index contributed by atoms with van der Waals surface area (Å²) in [6.07, 6.45) is 2.59. The molecule has 0 heterocycles. The highest BCUT2D eigenvalue weighted by atomic mass is 35.5. The van der Waals surface area contributed by atoms with Crippen LogP contribution < -0.4 is 10.1 Å². The van der Waals surface area contributed by atoms with Crippen LogP contribution >= 0.6 is 11.6 Å². The molecule has 0 spiro atoms. The van der Waals surface area contributed by atoms with Crippen molar-refractivity contribution in [2.75, 3.05) is 6.54 Å². The number of carbonyl (C=O) groups excluding carboxylic acids is 1. The Kier molecular flexibility index (Phi) is 5.69. The van der Waals surface area contributed by atoms with Gasteiger partial charge in [0.15, 0.2) is 0 Å². The van der Waals surface area contributed by atoms with Gasteiger partial charge in [-0.3, -0.25) is 4.79 Å². The molecule has 0 aromatic heterocycles. The zero-order chi connectivity index (χ0) is 18.6. The third kappa shape index (κ3) is 4.90. The molecule has 1 aliphatic rings. The Balaban J connectivity index is 1.47. The van der Waals surface area contributed by atoms with E-state index in [-0.39, 0.29) is 24.3 Å². The maximum absolute atomic E-state index is 12.1. The Labute approximate surface area is 157 Å². The molecule has 0 aliphatic heterocycles. The monoisotopic (exact) mass is 375 g/mol. The Hall–Kier alpha value is -2.24. The van der Waals surface area contributed by atoms with Crippen LogP contribution in [0.15, 0.2) is 48.5 Å². The number of halogens is 1. The maximum Gasteiger partial charge on any atom is 0.251 e. The minimum absolute atomic E-state index is 0.0456. The number of hydrogen-bond acceptors (Lipinski definition) is 4. The number of amides is 1. The molecule has 1 saturated carbocycles. The number of ether oxygens (including phenoxy) is 1. The van der Waals surface area contributed by atoms with Crippen molar-refractivity contribution >= 4 is 17.5 Å². The maximum atomic E-state index is 12.1. The van der Waals surface area contributed by atoms with Crippen LogP contribution in [-0.4, -0.2) is 34.4 Å². The number of phenols is 1. The summed E-state index contributed by atoms with van der Waals surface area (Å²) >= 11 is 5.87.